The molecule has 2 heterocycles. The van der Waals surface area contributed by atoms with E-state index in [1.807, 2.05) is 64.1 Å². The lowest BCUT2D eigenvalue weighted by Crippen LogP contribution is -2.43. The maximum absolute atomic E-state index is 13.1. The Hall–Kier alpha value is -2.22. The third-order valence-corrected chi connectivity index (χ3v) is 6.24. The molecule has 1 aliphatic rings. The van der Waals surface area contributed by atoms with Gasteiger partial charge in [0.2, 0.25) is 5.91 Å². The molecule has 2 aromatic rings. The zero-order chi connectivity index (χ0) is 21.7. The summed E-state index contributed by atoms with van der Waals surface area (Å²) in [5.74, 6) is -0.180. The number of amides is 2. The normalized spacial score (nSPS) is 16.1. The van der Waals surface area contributed by atoms with Crippen LogP contribution in [-0.4, -0.2) is 49.6 Å². The molecule has 1 saturated heterocycles. The van der Waals surface area contributed by atoms with E-state index < -0.39 is 5.41 Å². The standard InChI is InChI=1S/C23H31N3O3S/c1-16-14-19(25-22(28)23(2,3)4)30-20(16)21(27)24-18(17-8-6-5-7-9-17)15-26-10-12-29-13-11-26/h5-9,14,18H,10-13,15H2,1-4H3,(H,24,27)(H,25,28)/t18-/m1/s1. The second-order valence-electron chi connectivity index (χ2n) is 8.68. The minimum atomic E-state index is -0.489. The zero-order valence-electron chi connectivity index (χ0n) is 18.2. The molecule has 1 aromatic carbocycles. The van der Waals surface area contributed by atoms with Crippen molar-refractivity contribution in [2.45, 2.75) is 33.7 Å². The molecule has 1 atom stereocenters. The summed E-state index contributed by atoms with van der Waals surface area (Å²) in [6.45, 7) is 11.4. The van der Waals surface area contributed by atoms with E-state index in [-0.39, 0.29) is 17.9 Å². The molecular formula is C23H31N3O3S. The Kier molecular flexibility index (Phi) is 7.28. The number of aryl methyl sites for hydroxylation is 1. The van der Waals surface area contributed by atoms with Gasteiger partial charge in [0.05, 0.1) is 29.1 Å². The average molecular weight is 430 g/mol. The molecule has 0 saturated carbocycles. The number of nitrogens with one attached hydrogen (secondary N) is 2. The Morgan fingerprint density at radius 2 is 1.83 bits per heavy atom. The number of anilines is 1. The van der Waals surface area contributed by atoms with Crippen molar-refractivity contribution >= 4 is 28.2 Å². The number of rotatable bonds is 6. The van der Waals surface area contributed by atoms with Gasteiger partial charge in [-0.1, -0.05) is 51.1 Å². The highest BCUT2D eigenvalue weighted by Gasteiger charge is 2.25. The lowest BCUT2D eigenvalue weighted by atomic mass is 9.96. The van der Waals surface area contributed by atoms with Gasteiger partial charge in [-0.3, -0.25) is 14.5 Å². The highest BCUT2D eigenvalue weighted by Crippen LogP contribution is 2.29. The summed E-state index contributed by atoms with van der Waals surface area (Å²) in [6, 6.07) is 11.8. The van der Waals surface area contributed by atoms with E-state index in [0.717, 1.165) is 44.0 Å². The SMILES string of the molecule is Cc1cc(NC(=O)C(C)(C)C)sc1C(=O)N[C@H](CN1CCOCC1)c1ccccc1. The fraction of sp³-hybridized carbons (Fsp3) is 0.478. The quantitative estimate of drug-likeness (QED) is 0.732. The number of morpholine rings is 1. The predicted molar refractivity (Wildman–Crippen MR) is 121 cm³/mol. The molecule has 1 aliphatic heterocycles. The van der Waals surface area contributed by atoms with E-state index in [9.17, 15) is 9.59 Å². The number of carbonyl (C=O) groups excluding carboxylic acids is 2. The molecule has 2 N–H and O–H groups in total. The van der Waals surface area contributed by atoms with Crippen LogP contribution in [0.3, 0.4) is 0 Å². The highest BCUT2D eigenvalue weighted by atomic mass is 32.1. The molecule has 1 fully saturated rings. The van der Waals surface area contributed by atoms with E-state index >= 15 is 0 Å². The van der Waals surface area contributed by atoms with Crippen LogP contribution in [0.2, 0.25) is 0 Å². The predicted octanol–water partition coefficient (Wildman–Crippen LogP) is 3.84. The molecule has 1 aromatic heterocycles. The Morgan fingerprint density at radius 3 is 2.47 bits per heavy atom. The summed E-state index contributed by atoms with van der Waals surface area (Å²) in [5.41, 5.74) is 1.45. The number of thiophene rings is 1. The van der Waals surface area contributed by atoms with Crippen LogP contribution >= 0.6 is 11.3 Å². The molecule has 30 heavy (non-hydrogen) atoms. The van der Waals surface area contributed by atoms with Crippen molar-refractivity contribution in [1.82, 2.24) is 10.2 Å². The molecule has 162 valence electrons. The number of nitrogens with zero attached hydrogens (tertiary/aromatic N) is 1. The number of carbonyl (C=O) groups is 2. The first-order chi connectivity index (χ1) is 14.2. The van der Waals surface area contributed by atoms with E-state index in [1.165, 1.54) is 11.3 Å². The lowest BCUT2D eigenvalue weighted by molar-refractivity contribution is -0.123. The molecular weight excluding hydrogens is 398 g/mol. The van der Waals surface area contributed by atoms with Crippen molar-refractivity contribution in [3.63, 3.8) is 0 Å². The first-order valence-corrected chi connectivity index (χ1v) is 11.1. The van der Waals surface area contributed by atoms with Crippen molar-refractivity contribution in [2.24, 2.45) is 5.41 Å². The lowest BCUT2D eigenvalue weighted by Gasteiger charge is -2.31. The van der Waals surface area contributed by atoms with Gasteiger partial charge in [0.15, 0.2) is 0 Å². The molecule has 0 aliphatic carbocycles. The largest absolute Gasteiger partial charge is 0.379 e. The van der Waals surface area contributed by atoms with E-state index in [1.54, 1.807) is 0 Å². The summed E-state index contributed by atoms with van der Waals surface area (Å²) in [5, 5.41) is 6.83. The van der Waals surface area contributed by atoms with Gasteiger partial charge < -0.3 is 15.4 Å². The van der Waals surface area contributed by atoms with Crippen LogP contribution < -0.4 is 10.6 Å². The molecule has 0 unspecified atom stereocenters. The monoisotopic (exact) mass is 429 g/mol. The van der Waals surface area contributed by atoms with Crippen LogP contribution in [0.25, 0.3) is 0 Å². The Morgan fingerprint density at radius 1 is 1.17 bits per heavy atom. The molecule has 7 heteroatoms. The fourth-order valence-electron chi connectivity index (χ4n) is 3.25. The summed E-state index contributed by atoms with van der Waals surface area (Å²) in [4.78, 5) is 28.4. The summed E-state index contributed by atoms with van der Waals surface area (Å²) < 4.78 is 5.45. The Bertz CT molecular complexity index is 868. The van der Waals surface area contributed by atoms with Gasteiger partial charge in [-0.15, -0.1) is 11.3 Å². The third kappa shape index (κ3) is 5.90. The van der Waals surface area contributed by atoms with Crippen LogP contribution in [0.5, 0.6) is 0 Å². The fourth-order valence-corrected chi connectivity index (χ4v) is 4.22. The van der Waals surface area contributed by atoms with Crippen molar-refractivity contribution in [3.8, 4) is 0 Å². The van der Waals surface area contributed by atoms with Gasteiger partial charge in [0, 0.05) is 25.0 Å². The summed E-state index contributed by atoms with van der Waals surface area (Å²) >= 11 is 1.32. The maximum Gasteiger partial charge on any atom is 0.262 e. The molecule has 0 radical (unpaired) electrons. The third-order valence-electron chi connectivity index (χ3n) is 5.09. The zero-order valence-corrected chi connectivity index (χ0v) is 19.0. The van der Waals surface area contributed by atoms with Crippen molar-refractivity contribution in [2.75, 3.05) is 38.2 Å². The van der Waals surface area contributed by atoms with Crippen LogP contribution in [0.4, 0.5) is 5.00 Å². The van der Waals surface area contributed by atoms with Gasteiger partial charge in [0.25, 0.3) is 5.91 Å². The average Bonchev–Trinajstić information content (AvgIpc) is 3.08. The van der Waals surface area contributed by atoms with E-state index in [4.69, 9.17) is 4.74 Å². The topological polar surface area (TPSA) is 70.7 Å². The number of hydrogen-bond donors (Lipinski definition) is 2. The van der Waals surface area contributed by atoms with E-state index in [2.05, 4.69) is 15.5 Å². The first kappa shape index (κ1) is 22.5. The van der Waals surface area contributed by atoms with Gasteiger partial charge in [-0.25, -0.2) is 0 Å². The van der Waals surface area contributed by atoms with Crippen molar-refractivity contribution in [3.05, 3.63) is 52.4 Å². The molecule has 0 spiro atoms. The van der Waals surface area contributed by atoms with Gasteiger partial charge in [-0.2, -0.15) is 0 Å². The molecule has 2 amide bonds. The van der Waals surface area contributed by atoms with Crippen LogP contribution in [0.1, 0.15) is 47.6 Å². The van der Waals surface area contributed by atoms with Crippen molar-refractivity contribution < 1.29 is 14.3 Å². The van der Waals surface area contributed by atoms with Gasteiger partial charge in [-0.05, 0) is 24.1 Å². The maximum atomic E-state index is 13.1. The highest BCUT2D eigenvalue weighted by molar-refractivity contribution is 7.18. The van der Waals surface area contributed by atoms with Gasteiger partial charge in [0.1, 0.15) is 0 Å². The van der Waals surface area contributed by atoms with Gasteiger partial charge >= 0.3 is 0 Å². The Balaban J connectivity index is 1.74. The van der Waals surface area contributed by atoms with Crippen LogP contribution in [0.15, 0.2) is 36.4 Å². The Labute approximate surface area is 182 Å². The smallest absolute Gasteiger partial charge is 0.262 e. The second kappa shape index (κ2) is 9.73. The molecule has 3 rings (SSSR count). The van der Waals surface area contributed by atoms with Crippen LogP contribution in [0, 0.1) is 12.3 Å². The molecule has 6 nitrogen and oxygen atoms in total. The van der Waals surface area contributed by atoms with E-state index in [0.29, 0.717) is 9.88 Å². The first-order valence-electron chi connectivity index (χ1n) is 10.3. The summed E-state index contributed by atoms with van der Waals surface area (Å²) in [6.07, 6.45) is 0. The van der Waals surface area contributed by atoms with Crippen LogP contribution in [-0.2, 0) is 9.53 Å². The minimum Gasteiger partial charge on any atom is -0.379 e. The number of benzene rings is 1. The molecule has 0 bridgehead atoms. The van der Waals surface area contributed by atoms with Crippen molar-refractivity contribution in [1.29, 1.82) is 0 Å². The number of hydrogen-bond acceptors (Lipinski definition) is 5. The number of ether oxygens (including phenoxy) is 1. The minimum absolute atomic E-state index is 0.0646. The second-order valence-corrected chi connectivity index (χ2v) is 9.73. The summed E-state index contributed by atoms with van der Waals surface area (Å²) in [7, 11) is 0.